The van der Waals surface area contributed by atoms with E-state index in [9.17, 15) is 0 Å². The number of rotatable bonds is 3. The van der Waals surface area contributed by atoms with Crippen molar-refractivity contribution in [1.82, 2.24) is 5.32 Å². The highest BCUT2D eigenvalue weighted by atomic mass is 15.1. The molecular weight excluding hydrogens is 268 g/mol. The SMILES string of the molecule is CCC(C)C1(C)CNc2ccccc2C(c2ccccc2)N1. The zero-order valence-corrected chi connectivity index (χ0v) is 13.8. The molecule has 2 N–H and O–H groups in total. The molecule has 0 aliphatic carbocycles. The molecule has 0 radical (unpaired) electrons. The monoisotopic (exact) mass is 294 g/mol. The molecule has 0 bridgehead atoms. The fourth-order valence-electron chi connectivity index (χ4n) is 3.32. The topological polar surface area (TPSA) is 24.1 Å². The van der Waals surface area contributed by atoms with E-state index in [-0.39, 0.29) is 11.6 Å². The Morgan fingerprint density at radius 1 is 1.09 bits per heavy atom. The molecule has 0 saturated carbocycles. The second kappa shape index (κ2) is 6.13. The zero-order chi connectivity index (χ0) is 15.6. The molecule has 2 aromatic rings. The summed E-state index contributed by atoms with van der Waals surface area (Å²) < 4.78 is 0. The van der Waals surface area contributed by atoms with Gasteiger partial charge in [-0.25, -0.2) is 0 Å². The van der Waals surface area contributed by atoms with Gasteiger partial charge in [0.15, 0.2) is 0 Å². The van der Waals surface area contributed by atoms with Crippen LogP contribution in [0.25, 0.3) is 0 Å². The number of para-hydroxylation sites is 1. The summed E-state index contributed by atoms with van der Waals surface area (Å²) >= 11 is 0. The summed E-state index contributed by atoms with van der Waals surface area (Å²) in [7, 11) is 0. The average Bonchev–Trinajstić information content (AvgIpc) is 2.73. The third kappa shape index (κ3) is 2.76. The molecule has 2 aromatic carbocycles. The molecule has 1 aliphatic heterocycles. The van der Waals surface area contributed by atoms with Crippen molar-refractivity contribution in [3.63, 3.8) is 0 Å². The van der Waals surface area contributed by atoms with Crippen molar-refractivity contribution in [2.45, 2.75) is 38.8 Å². The van der Waals surface area contributed by atoms with E-state index in [4.69, 9.17) is 0 Å². The van der Waals surface area contributed by atoms with E-state index >= 15 is 0 Å². The van der Waals surface area contributed by atoms with Gasteiger partial charge in [0.25, 0.3) is 0 Å². The van der Waals surface area contributed by atoms with Gasteiger partial charge in [-0.1, -0.05) is 68.8 Å². The van der Waals surface area contributed by atoms with Gasteiger partial charge in [-0.2, -0.15) is 0 Å². The summed E-state index contributed by atoms with van der Waals surface area (Å²) in [6, 6.07) is 19.7. The summed E-state index contributed by atoms with van der Waals surface area (Å²) in [6.07, 6.45) is 1.17. The van der Waals surface area contributed by atoms with Crippen LogP contribution < -0.4 is 10.6 Å². The minimum Gasteiger partial charge on any atom is -0.383 e. The lowest BCUT2D eigenvalue weighted by Gasteiger charge is -2.38. The maximum absolute atomic E-state index is 3.95. The molecule has 0 amide bonds. The Hall–Kier alpha value is -1.80. The van der Waals surface area contributed by atoms with Crippen LogP contribution in [0.4, 0.5) is 5.69 Å². The fraction of sp³-hybridized carbons (Fsp3) is 0.400. The Balaban J connectivity index is 2.06. The molecule has 0 saturated heterocycles. The summed E-state index contributed by atoms with van der Waals surface area (Å²) in [5, 5.41) is 7.62. The highest BCUT2D eigenvalue weighted by molar-refractivity contribution is 5.56. The van der Waals surface area contributed by atoms with E-state index in [1.807, 2.05) is 0 Å². The molecule has 116 valence electrons. The molecule has 0 spiro atoms. The minimum absolute atomic E-state index is 0.0638. The Bertz CT molecular complexity index is 623. The fourth-order valence-corrected chi connectivity index (χ4v) is 3.32. The Labute approximate surface area is 134 Å². The van der Waals surface area contributed by atoms with Gasteiger partial charge in [0.2, 0.25) is 0 Å². The average molecular weight is 294 g/mol. The number of hydrogen-bond donors (Lipinski definition) is 2. The van der Waals surface area contributed by atoms with Crippen LogP contribution in [0.5, 0.6) is 0 Å². The smallest absolute Gasteiger partial charge is 0.0602 e. The van der Waals surface area contributed by atoms with Crippen molar-refractivity contribution in [2.75, 3.05) is 11.9 Å². The molecule has 3 rings (SSSR count). The van der Waals surface area contributed by atoms with E-state index in [1.54, 1.807) is 0 Å². The normalized spacial score (nSPS) is 25.7. The minimum atomic E-state index is 0.0638. The quantitative estimate of drug-likeness (QED) is 0.864. The van der Waals surface area contributed by atoms with E-state index in [0.29, 0.717) is 5.92 Å². The maximum atomic E-state index is 3.95. The maximum Gasteiger partial charge on any atom is 0.0602 e. The van der Waals surface area contributed by atoms with Gasteiger partial charge in [0.05, 0.1) is 6.04 Å². The Morgan fingerprint density at radius 2 is 1.77 bits per heavy atom. The highest BCUT2D eigenvalue weighted by Gasteiger charge is 2.36. The van der Waals surface area contributed by atoms with E-state index in [0.717, 1.165) is 6.54 Å². The Morgan fingerprint density at radius 3 is 2.50 bits per heavy atom. The molecule has 2 nitrogen and oxygen atoms in total. The van der Waals surface area contributed by atoms with Crippen molar-refractivity contribution in [3.8, 4) is 0 Å². The number of hydrogen-bond acceptors (Lipinski definition) is 2. The molecule has 3 atom stereocenters. The van der Waals surface area contributed by atoms with Gasteiger partial charge in [0.1, 0.15) is 0 Å². The summed E-state index contributed by atoms with van der Waals surface area (Å²) in [6.45, 7) is 7.90. The van der Waals surface area contributed by atoms with Crippen LogP contribution in [0.15, 0.2) is 54.6 Å². The van der Waals surface area contributed by atoms with Gasteiger partial charge in [-0.05, 0) is 30.0 Å². The molecule has 1 aliphatic rings. The lowest BCUT2D eigenvalue weighted by atomic mass is 9.83. The van der Waals surface area contributed by atoms with Crippen LogP contribution in [-0.2, 0) is 0 Å². The van der Waals surface area contributed by atoms with E-state index in [1.165, 1.54) is 23.2 Å². The Kier molecular flexibility index (Phi) is 4.21. The number of fused-ring (bicyclic) bond motifs is 1. The van der Waals surface area contributed by atoms with Gasteiger partial charge < -0.3 is 5.32 Å². The lowest BCUT2D eigenvalue weighted by Crippen LogP contribution is -2.52. The van der Waals surface area contributed by atoms with Crippen molar-refractivity contribution in [3.05, 3.63) is 65.7 Å². The molecule has 1 heterocycles. The number of nitrogens with one attached hydrogen (secondary N) is 2. The first-order chi connectivity index (χ1) is 10.6. The highest BCUT2D eigenvalue weighted by Crippen LogP contribution is 2.35. The molecular formula is C20H26N2. The van der Waals surface area contributed by atoms with Crippen LogP contribution in [0.3, 0.4) is 0 Å². The van der Waals surface area contributed by atoms with Gasteiger partial charge in [-0.15, -0.1) is 0 Å². The van der Waals surface area contributed by atoms with Gasteiger partial charge in [-0.3, -0.25) is 5.32 Å². The number of benzene rings is 2. The largest absolute Gasteiger partial charge is 0.383 e. The first-order valence-electron chi connectivity index (χ1n) is 8.29. The summed E-state index contributed by atoms with van der Waals surface area (Å²) in [5.41, 5.74) is 3.97. The third-order valence-corrected chi connectivity index (χ3v) is 5.22. The number of anilines is 1. The van der Waals surface area contributed by atoms with Crippen LogP contribution >= 0.6 is 0 Å². The van der Waals surface area contributed by atoms with Crippen LogP contribution in [-0.4, -0.2) is 12.1 Å². The lowest BCUT2D eigenvalue weighted by molar-refractivity contribution is 0.241. The van der Waals surface area contributed by atoms with Gasteiger partial charge in [0, 0.05) is 17.8 Å². The molecule has 22 heavy (non-hydrogen) atoms. The van der Waals surface area contributed by atoms with Crippen LogP contribution in [0, 0.1) is 5.92 Å². The van der Waals surface area contributed by atoms with Crippen molar-refractivity contribution in [1.29, 1.82) is 0 Å². The van der Waals surface area contributed by atoms with E-state index in [2.05, 4.69) is 86.0 Å². The molecule has 0 fully saturated rings. The van der Waals surface area contributed by atoms with E-state index < -0.39 is 0 Å². The molecule has 3 unspecified atom stereocenters. The summed E-state index contributed by atoms with van der Waals surface area (Å²) in [4.78, 5) is 0. The standard InChI is InChI=1S/C20H26N2/c1-4-15(2)20(3)14-21-18-13-9-8-12-17(18)19(22-20)16-10-6-5-7-11-16/h5-13,15,19,21-22H,4,14H2,1-3H3. The van der Waals surface area contributed by atoms with Crippen LogP contribution in [0.2, 0.25) is 0 Å². The third-order valence-electron chi connectivity index (χ3n) is 5.22. The van der Waals surface area contributed by atoms with Crippen LogP contribution in [0.1, 0.15) is 44.4 Å². The van der Waals surface area contributed by atoms with Gasteiger partial charge >= 0.3 is 0 Å². The second-order valence-corrected chi connectivity index (χ2v) is 6.66. The molecule has 0 aromatic heterocycles. The first-order valence-corrected chi connectivity index (χ1v) is 8.29. The van der Waals surface area contributed by atoms with Crippen molar-refractivity contribution >= 4 is 5.69 Å². The molecule has 2 heteroatoms. The summed E-state index contributed by atoms with van der Waals surface area (Å²) in [5.74, 6) is 0.598. The van der Waals surface area contributed by atoms with Crippen molar-refractivity contribution < 1.29 is 0 Å². The predicted molar refractivity (Wildman–Crippen MR) is 94.2 cm³/mol. The second-order valence-electron chi connectivity index (χ2n) is 6.66. The first kappa shape index (κ1) is 15.1. The zero-order valence-electron chi connectivity index (χ0n) is 13.8. The van der Waals surface area contributed by atoms with Crippen molar-refractivity contribution in [2.24, 2.45) is 5.92 Å². The predicted octanol–water partition coefficient (Wildman–Crippen LogP) is 4.60.